The molecule has 0 aromatic heterocycles. The summed E-state index contributed by atoms with van der Waals surface area (Å²) in [5, 5.41) is 0. The zero-order chi connectivity index (χ0) is 9.10. The molecule has 0 bridgehead atoms. The number of carbonyl (C=O) groups is 1. The van der Waals surface area contributed by atoms with Crippen LogP contribution in [0.2, 0.25) is 0 Å². The topological polar surface area (TPSA) is 26.3 Å². The first-order valence-corrected chi connectivity index (χ1v) is 5.68. The maximum atomic E-state index is 11.1. The van der Waals surface area contributed by atoms with Gasteiger partial charge in [-0.2, -0.15) is 0 Å². The third kappa shape index (κ3) is 2.00. The zero-order valence-corrected chi connectivity index (χ0v) is 8.61. The molecule has 0 N–H and O–H groups in total. The van der Waals surface area contributed by atoms with Crippen molar-refractivity contribution >= 4 is 25.4 Å². The van der Waals surface area contributed by atoms with E-state index in [1.165, 1.54) is 4.46 Å². The molecule has 0 aliphatic carbocycles. The van der Waals surface area contributed by atoms with Gasteiger partial charge in [-0.3, -0.25) is 0 Å². The second-order valence-corrected chi connectivity index (χ2v) is 4.92. The fraction of sp³-hybridized carbons (Fsp3) is 0.100. The number of rotatable bonds is 2. The van der Waals surface area contributed by atoms with Crippen LogP contribution in [0.3, 0.4) is 0 Å². The van der Waals surface area contributed by atoms with E-state index >= 15 is 0 Å². The fourth-order valence-corrected chi connectivity index (χ4v) is 2.81. The number of hydrogen-bond acceptors (Lipinski definition) is 2. The van der Waals surface area contributed by atoms with Crippen LogP contribution in [-0.2, 0) is 9.53 Å². The summed E-state index contributed by atoms with van der Waals surface area (Å²) < 4.78 is 6.86. The second-order valence-electron chi connectivity index (χ2n) is 2.58. The van der Waals surface area contributed by atoms with E-state index in [9.17, 15) is 4.79 Å². The van der Waals surface area contributed by atoms with Crippen molar-refractivity contribution in [3.8, 4) is 0 Å². The van der Waals surface area contributed by atoms with Crippen LogP contribution in [0.25, 0.3) is 0 Å². The van der Waals surface area contributed by atoms with Crippen molar-refractivity contribution in [2.75, 3.05) is 6.61 Å². The molecule has 1 aliphatic heterocycles. The van der Waals surface area contributed by atoms with Crippen molar-refractivity contribution in [3.05, 3.63) is 40.9 Å². The summed E-state index contributed by atoms with van der Waals surface area (Å²) in [7, 11) is 0. The van der Waals surface area contributed by atoms with Crippen molar-refractivity contribution in [3.63, 3.8) is 0 Å². The van der Waals surface area contributed by atoms with E-state index in [4.69, 9.17) is 4.74 Å². The van der Waals surface area contributed by atoms with Crippen LogP contribution in [0.15, 0.2) is 40.9 Å². The Labute approximate surface area is 82.8 Å². The Balaban J connectivity index is 2.11. The van der Waals surface area contributed by atoms with Crippen molar-refractivity contribution in [1.29, 1.82) is 0 Å². The van der Waals surface area contributed by atoms with Crippen LogP contribution in [0, 0.1) is 0 Å². The average Bonchev–Trinajstić information content (AvgIpc) is 2.54. The number of esters is 1. The van der Waals surface area contributed by atoms with E-state index in [0.29, 0.717) is 6.61 Å². The van der Waals surface area contributed by atoms with Crippen LogP contribution < -0.4 is 4.46 Å². The summed E-state index contributed by atoms with van der Waals surface area (Å²) in [6, 6.07) is 10.0. The summed E-state index contributed by atoms with van der Waals surface area (Å²) >= 11 is 0.106. The molecule has 0 radical (unpaired) electrons. The normalized spacial score (nSPS) is 15.4. The van der Waals surface area contributed by atoms with E-state index in [0.717, 1.165) is 4.47 Å². The number of ether oxygens (including phenoxy) is 1. The Morgan fingerprint density at radius 2 is 2.00 bits per heavy atom. The molecule has 0 spiro atoms. The maximum absolute atomic E-state index is 11.1. The minimum atomic E-state index is -0.149. The van der Waals surface area contributed by atoms with Gasteiger partial charge in [0.15, 0.2) is 0 Å². The molecular formula is C10H8O2Se. The summed E-state index contributed by atoms with van der Waals surface area (Å²) in [4.78, 5) is 11.1. The van der Waals surface area contributed by atoms with Crippen LogP contribution in [0.5, 0.6) is 0 Å². The quantitative estimate of drug-likeness (QED) is 0.553. The Hall–Kier alpha value is -1.05. The van der Waals surface area contributed by atoms with Crippen LogP contribution in [0.1, 0.15) is 0 Å². The molecule has 13 heavy (non-hydrogen) atoms. The first-order chi connectivity index (χ1) is 6.36. The van der Waals surface area contributed by atoms with Gasteiger partial charge in [0.1, 0.15) is 0 Å². The van der Waals surface area contributed by atoms with Crippen molar-refractivity contribution in [1.82, 2.24) is 0 Å². The molecule has 1 aromatic carbocycles. The van der Waals surface area contributed by atoms with Crippen LogP contribution in [-0.4, -0.2) is 27.5 Å². The summed E-state index contributed by atoms with van der Waals surface area (Å²) in [6.45, 7) is 0.447. The summed E-state index contributed by atoms with van der Waals surface area (Å²) in [5.41, 5.74) is 0. The van der Waals surface area contributed by atoms with Gasteiger partial charge in [0.2, 0.25) is 0 Å². The van der Waals surface area contributed by atoms with E-state index in [2.05, 4.69) is 0 Å². The minimum absolute atomic E-state index is 0.106. The number of carbonyl (C=O) groups excluding carboxylic acids is 1. The van der Waals surface area contributed by atoms with Gasteiger partial charge >= 0.3 is 82.4 Å². The third-order valence-corrected chi connectivity index (χ3v) is 3.88. The predicted molar refractivity (Wildman–Crippen MR) is 50.9 cm³/mol. The molecule has 0 saturated carbocycles. The summed E-state index contributed by atoms with van der Waals surface area (Å²) in [5.74, 6) is -0.149. The molecule has 2 rings (SSSR count). The molecule has 0 amide bonds. The predicted octanol–water partition coefficient (Wildman–Crippen LogP) is 0.457. The molecule has 1 heterocycles. The molecule has 2 nitrogen and oxygen atoms in total. The Morgan fingerprint density at radius 1 is 1.23 bits per heavy atom. The fourth-order valence-electron chi connectivity index (χ4n) is 1.05. The summed E-state index contributed by atoms with van der Waals surface area (Å²) in [6.07, 6.45) is 1.87. The molecular weight excluding hydrogens is 231 g/mol. The average molecular weight is 239 g/mol. The monoisotopic (exact) mass is 240 g/mol. The Kier molecular flexibility index (Phi) is 2.48. The SMILES string of the molecule is O=C1OCC=C1[Se]c1ccccc1. The standard InChI is InChI=1S/C10H8O2Se/c11-10-9(6-7-12-10)13-8-4-2-1-3-5-8/h1-6H,7H2. The number of hydrogen-bond donors (Lipinski definition) is 0. The van der Waals surface area contributed by atoms with Gasteiger partial charge < -0.3 is 0 Å². The molecule has 66 valence electrons. The molecule has 3 heteroatoms. The van der Waals surface area contributed by atoms with Crippen molar-refractivity contribution in [2.45, 2.75) is 0 Å². The van der Waals surface area contributed by atoms with Crippen LogP contribution in [0.4, 0.5) is 0 Å². The number of benzene rings is 1. The van der Waals surface area contributed by atoms with Gasteiger partial charge in [0.05, 0.1) is 0 Å². The first kappa shape index (κ1) is 8.54. The van der Waals surface area contributed by atoms with Gasteiger partial charge in [-0.15, -0.1) is 0 Å². The first-order valence-electron chi connectivity index (χ1n) is 3.96. The van der Waals surface area contributed by atoms with E-state index in [-0.39, 0.29) is 20.9 Å². The van der Waals surface area contributed by atoms with Gasteiger partial charge in [0, 0.05) is 0 Å². The van der Waals surface area contributed by atoms with E-state index in [1.807, 2.05) is 36.4 Å². The van der Waals surface area contributed by atoms with Crippen LogP contribution >= 0.6 is 0 Å². The number of cyclic esters (lactones) is 1. The van der Waals surface area contributed by atoms with Gasteiger partial charge in [0.25, 0.3) is 0 Å². The Bertz CT molecular complexity index is 343. The van der Waals surface area contributed by atoms with Gasteiger partial charge in [-0.1, -0.05) is 0 Å². The molecule has 0 atom stereocenters. The van der Waals surface area contributed by atoms with Crippen molar-refractivity contribution < 1.29 is 9.53 Å². The molecule has 0 unspecified atom stereocenters. The molecule has 1 aromatic rings. The van der Waals surface area contributed by atoms with Crippen molar-refractivity contribution in [2.24, 2.45) is 0 Å². The molecule has 1 aliphatic rings. The molecule has 0 fully saturated rings. The zero-order valence-electron chi connectivity index (χ0n) is 6.90. The second kappa shape index (κ2) is 3.77. The van der Waals surface area contributed by atoms with E-state index < -0.39 is 0 Å². The van der Waals surface area contributed by atoms with E-state index in [1.54, 1.807) is 0 Å². The molecule has 0 saturated heterocycles. The van der Waals surface area contributed by atoms with Gasteiger partial charge in [-0.25, -0.2) is 0 Å². The third-order valence-electron chi connectivity index (χ3n) is 1.66. The van der Waals surface area contributed by atoms with Gasteiger partial charge in [-0.05, 0) is 0 Å². The Morgan fingerprint density at radius 3 is 2.62 bits per heavy atom.